The van der Waals surface area contributed by atoms with Gasteiger partial charge in [0.1, 0.15) is 5.82 Å². The van der Waals surface area contributed by atoms with Crippen molar-refractivity contribution in [3.8, 4) is 0 Å². The smallest absolute Gasteiger partial charge is 0.223 e. The summed E-state index contributed by atoms with van der Waals surface area (Å²) in [6.07, 6.45) is 3.19. The highest BCUT2D eigenvalue weighted by atomic mass is 16.2. The lowest BCUT2D eigenvalue weighted by molar-refractivity contribution is -0.122. The van der Waals surface area contributed by atoms with Crippen LogP contribution in [0.15, 0.2) is 48.5 Å². The molecule has 1 unspecified atom stereocenters. The maximum absolute atomic E-state index is 12.0. The number of carbonyl (C=O) groups excluding carboxylic acids is 1. The van der Waals surface area contributed by atoms with Gasteiger partial charge in [0, 0.05) is 12.5 Å². The Morgan fingerprint density at radius 3 is 2.63 bits per heavy atom. The highest BCUT2D eigenvalue weighted by Crippen LogP contribution is 2.29. The zero-order valence-electron chi connectivity index (χ0n) is 16.1. The highest BCUT2D eigenvalue weighted by Gasteiger charge is 2.29. The Hall–Kier alpha value is -2.62. The standard InChI is InChI=1S/C23H27N3O/c1-3-16(2)18-10-8-17(9-11-18)15-26-21-7-5-4-6-20(21)25-22(26)14-24-23(27)19-12-13-19/h4-11,16,19H,3,12-15H2,1-2H3,(H,24,27). The van der Waals surface area contributed by atoms with Crippen LogP contribution in [0.5, 0.6) is 0 Å². The van der Waals surface area contributed by atoms with Gasteiger partial charge in [0.25, 0.3) is 0 Å². The number of amides is 1. The third kappa shape index (κ3) is 3.90. The minimum Gasteiger partial charge on any atom is -0.349 e. The van der Waals surface area contributed by atoms with Crippen LogP contribution in [0.4, 0.5) is 0 Å². The molecule has 0 aliphatic heterocycles. The van der Waals surface area contributed by atoms with Crippen molar-refractivity contribution in [3.05, 3.63) is 65.5 Å². The summed E-state index contributed by atoms with van der Waals surface area (Å²) < 4.78 is 2.22. The van der Waals surface area contributed by atoms with Crippen LogP contribution < -0.4 is 5.32 Å². The van der Waals surface area contributed by atoms with E-state index in [2.05, 4.69) is 54.1 Å². The van der Waals surface area contributed by atoms with E-state index in [4.69, 9.17) is 4.98 Å². The number of fused-ring (bicyclic) bond motifs is 1. The summed E-state index contributed by atoms with van der Waals surface area (Å²) in [5.41, 5.74) is 4.72. The number of rotatable bonds is 7. The van der Waals surface area contributed by atoms with Crippen molar-refractivity contribution in [2.45, 2.75) is 52.1 Å². The first-order valence-corrected chi connectivity index (χ1v) is 9.96. The van der Waals surface area contributed by atoms with Crippen LogP contribution in [-0.2, 0) is 17.9 Å². The lowest BCUT2D eigenvalue weighted by Crippen LogP contribution is -2.26. The molecule has 1 aliphatic carbocycles. The molecule has 4 rings (SSSR count). The maximum Gasteiger partial charge on any atom is 0.223 e. The normalized spacial score (nSPS) is 15.0. The van der Waals surface area contributed by atoms with Crippen molar-refractivity contribution in [2.75, 3.05) is 0 Å². The van der Waals surface area contributed by atoms with Crippen LogP contribution in [-0.4, -0.2) is 15.5 Å². The molecule has 140 valence electrons. The van der Waals surface area contributed by atoms with Crippen molar-refractivity contribution in [3.63, 3.8) is 0 Å². The van der Waals surface area contributed by atoms with Crippen LogP contribution in [0.25, 0.3) is 11.0 Å². The molecule has 2 aromatic carbocycles. The largest absolute Gasteiger partial charge is 0.349 e. The molecule has 27 heavy (non-hydrogen) atoms. The molecular weight excluding hydrogens is 334 g/mol. The second-order valence-corrected chi connectivity index (χ2v) is 7.65. The lowest BCUT2D eigenvalue weighted by atomic mass is 9.98. The van der Waals surface area contributed by atoms with E-state index in [1.807, 2.05) is 18.2 Å². The van der Waals surface area contributed by atoms with Crippen LogP contribution >= 0.6 is 0 Å². The number of nitrogens with zero attached hydrogens (tertiary/aromatic N) is 2. The van der Waals surface area contributed by atoms with E-state index < -0.39 is 0 Å². The van der Waals surface area contributed by atoms with Gasteiger partial charge in [0.2, 0.25) is 5.91 Å². The highest BCUT2D eigenvalue weighted by molar-refractivity contribution is 5.81. The summed E-state index contributed by atoms with van der Waals surface area (Å²) in [5.74, 6) is 1.87. The van der Waals surface area contributed by atoms with Gasteiger partial charge in [-0.15, -0.1) is 0 Å². The van der Waals surface area contributed by atoms with E-state index in [-0.39, 0.29) is 11.8 Å². The molecule has 0 spiro atoms. The Labute approximate surface area is 160 Å². The van der Waals surface area contributed by atoms with Crippen LogP contribution in [0.3, 0.4) is 0 Å². The average Bonchev–Trinajstić information content (AvgIpc) is 3.50. The number of para-hydroxylation sites is 2. The molecular formula is C23H27N3O. The maximum atomic E-state index is 12.0. The van der Waals surface area contributed by atoms with Gasteiger partial charge in [-0.3, -0.25) is 4.79 Å². The van der Waals surface area contributed by atoms with Gasteiger partial charge in [0.05, 0.1) is 17.6 Å². The van der Waals surface area contributed by atoms with E-state index in [1.165, 1.54) is 11.1 Å². The summed E-state index contributed by atoms with van der Waals surface area (Å²) in [4.78, 5) is 16.8. The number of imidazole rings is 1. The second kappa shape index (κ2) is 7.55. The van der Waals surface area contributed by atoms with E-state index in [0.29, 0.717) is 12.5 Å². The van der Waals surface area contributed by atoms with Crippen molar-refractivity contribution in [1.29, 1.82) is 0 Å². The fourth-order valence-corrected chi connectivity index (χ4v) is 3.46. The van der Waals surface area contributed by atoms with Gasteiger partial charge in [0.15, 0.2) is 0 Å². The van der Waals surface area contributed by atoms with Gasteiger partial charge < -0.3 is 9.88 Å². The molecule has 1 atom stereocenters. The van der Waals surface area contributed by atoms with E-state index in [1.54, 1.807) is 0 Å². The fourth-order valence-electron chi connectivity index (χ4n) is 3.46. The molecule has 3 aromatic rings. The molecule has 4 nitrogen and oxygen atoms in total. The van der Waals surface area contributed by atoms with Gasteiger partial charge in [-0.05, 0) is 48.4 Å². The zero-order valence-corrected chi connectivity index (χ0v) is 16.1. The summed E-state index contributed by atoms with van der Waals surface area (Å²) in [6, 6.07) is 17.1. The van der Waals surface area contributed by atoms with Crippen LogP contribution in [0.2, 0.25) is 0 Å². The van der Waals surface area contributed by atoms with E-state index in [0.717, 1.165) is 42.7 Å². The summed E-state index contributed by atoms with van der Waals surface area (Å²) in [6.45, 7) is 5.72. The minimum atomic E-state index is 0.159. The number of benzene rings is 2. The SMILES string of the molecule is CCC(C)c1ccc(Cn2c(CNC(=O)C3CC3)nc3ccccc32)cc1. The van der Waals surface area contributed by atoms with Crippen molar-refractivity contribution in [2.24, 2.45) is 5.92 Å². The van der Waals surface area contributed by atoms with Crippen molar-refractivity contribution in [1.82, 2.24) is 14.9 Å². The Morgan fingerprint density at radius 2 is 1.93 bits per heavy atom. The molecule has 1 N–H and O–H groups in total. The van der Waals surface area contributed by atoms with E-state index >= 15 is 0 Å². The summed E-state index contributed by atoms with van der Waals surface area (Å²) in [7, 11) is 0. The van der Waals surface area contributed by atoms with Crippen molar-refractivity contribution < 1.29 is 4.79 Å². The fraction of sp³-hybridized carbons (Fsp3) is 0.391. The average molecular weight is 361 g/mol. The Kier molecular flexibility index (Phi) is 4.97. The molecule has 0 radical (unpaired) electrons. The lowest BCUT2D eigenvalue weighted by Gasteiger charge is -2.13. The van der Waals surface area contributed by atoms with Gasteiger partial charge in [-0.1, -0.05) is 50.2 Å². The molecule has 0 bridgehead atoms. The topological polar surface area (TPSA) is 46.9 Å². The first-order chi connectivity index (χ1) is 13.2. The molecule has 1 aromatic heterocycles. The number of hydrogen-bond donors (Lipinski definition) is 1. The Balaban J connectivity index is 1.59. The Bertz CT molecular complexity index is 938. The van der Waals surface area contributed by atoms with Crippen molar-refractivity contribution >= 4 is 16.9 Å². The van der Waals surface area contributed by atoms with Gasteiger partial charge in [-0.25, -0.2) is 4.98 Å². The molecule has 1 aliphatic rings. The number of nitrogens with one attached hydrogen (secondary N) is 1. The molecule has 0 saturated heterocycles. The third-order valence-corrected chi connectivity index (χ3v) is 5.60. The molecule has 1 amide bonds. The quantitative estimate of drug-likeness (QED) is 0.667. The summed E-state index contributed by atoms with van der Waals surface area (Å²) >= 11 is 0. The van der Waals surface area contributed by atoms with Crippen LogP contribution in [0, 0.1) is 5.92 Å². The molecule has 1 heterocycles. The first-order valence-electron chi connectivity index (χ1n) is 9.96. The predicted octanol–water partition coefficient (Wildman–Crippen LogP) is 4.62. The molecule has 1 saturated carbocycles. The third-order valence-electron chi connectivity index (χ3n) is 5.60. The zero-order chi connectivity index (χ0) is 18.8. The number of hydrogen-bond acceptors (Lipinski definition) is 2. The van der Waals surface area contributed by atoms with Crippen LogP contribution in [0.1, 0.15) is 56.0 Å². The summed E-state index contributed by atoms with van der Waals surface area (Å²) in [5, 5.41) is 3.06. The minimum absolute atomic E-state index is 0.159. The van der Waals surface area contributed by atoms with E-state index in [9.17, 15) is 4.79 Å². The Morgan fingerprint density at radius 1 is 1.19 bits per heavy atom. The first kappa shape index (κ1) is 17.8. The second-order valence-electron chi connectivity index (χ2n) is 7.65. The predicted molar refractivity (Wildman–Crippen MR) is 109 cm³/mol. The van der Waals surface area contributed by atoms with Gasteiger partial charge >= 0.3 is 0 Å². The van der Waals surface area contributed by atoms with Gasteiger partial charge in [-0.2, -0.15) is 0 Å². The monoisotopic (exact) mass is 361 g/mol. The molecule has 1 fully saturated rings. The number of aromatic nitrogens is 2. The molecule has 4 heteroatoms. The number of carbonyl (C=O) groups is 1.